The molecule has 1 aliphatic rings. The van der Waals surface area contributed by atoms with Crippen molar-refractivity contribution in [2.45, 2.75) is 19.5 Å². The predicted molar refractivity (Wildman–Crippen MR) is 126 cm³/mol. The van der Waals surface area contributed by atoms with E-state index in [1.165, 1.54) is 23.3 Å². The molecule has 158 valence electrons. The van der Waals surface area contributed by atoms with Crippen LogP contribution in [0.3, 0.4) is 0 Å². The van der Waals surface area contributed by atoms with Gasteiger partial charge in [0.2, 0.25) is 0 Å². The Morgan fingerprint density at radius 2 is 1.59 bits per heavy atom. The van der Waals surface area contributed by atoms with Crippen LogP contribution in [0, 0.1) is 5.82 Å². The van der Waals surface area contributed by atoms with Gasteiger partial charge in [0.25, 0.3) is 0 Å². The average molecular weight is 512 g/mol. The van der Waals surface area contributed by atoms with Crippen molar-refractivity contribution in [1.29, 1.82) is 0 Å². The Bertz CT molecular complexity index is 746. The number of nitrogens with zero attached hydrogens (tertiary/aromatic N) is 2. The van der Waals surface area contributed by atoms with Gasteiger partial charge in [-0.2, -0.15) is 0 Å². The third-order valence-corrected chi connectivity index (χ3v) is 4.84. The van der Waals surface area contributed by atoms with Crippen molar-refractivity contribution in [1.82, 2.24) is 15.5 Å². The summed E-state index contributed by atoms with van der Waals surface area (Å²) in [6, 6.07) is 15.3. The zero-order valence-electron chi connectivity index (χ0n) is 16.9. The highest BCUT2D eigenvalue weighted by Gasteiger charge is 2.10. The smallest absolute Gasteiger partial charge is 0.191 e. The second kappa shape index (κ2) is 12.8. The lowest BCUT2D eigenvalue weighted by molar-refractivity contribution is 0.0342. The Morgan fingerprint density at radius 1 is 0.966 bits per heavy atom. The van der Waals surface area contributed by atoms with E-state index >= 15 is 0 Å². The third-order valence-electron chi connectivity index (χ3n) is 4.84. The van der Waals surface area contributed by atoms with Crippen molar-refractivity contribution >= 4 is 29.9 Å². The number of halogens is 2. The van der Waals surface area contributed by atoms with Crippen molar-refractivity contribution in [2.75, 3.05) is 39.9 Å². The summed E-state index contributed by atoms with van der Waals surface area (Å²) in [5, 5.41) is 6.63. The van der Waals surface area contributed by atoms with Gasteiger partial charge < -0.3 is 15.4 Å². The maximum absolute atomic E-state index is 12.9. The number of ether oxygens (including phenoxy) is 1. The van der Waals surface area contributed by atoms with E-state index in [4.69, 9.17) is 4.74 Å². The largest absolute Gasteiger partial charge is 0.379 e. The molecule has 1 saturated heterocycles. The molecule has 2 N–H and O–H groups in total. The van der Waals surface area contributed by atoms with Gasteiger partial charge in [-0.05, 0) is 35.2 Å². The monoisotopic (exact) mass is 512 g/mol. The van der Waals surface area contributed by atoms with E-state index in [0.717, 1.165) is 57.3 Å². The minimum atomic E-state index is -0.204. The Kier molecular flexibility index (Phi) is 10.4. The predicted octanol–water partition coefficient (Wildman–Crippen LogP) is 3.18. The van der Waals surface area contributed by atoms with Crippen molar-refractivity contribution in [2.24, 2.45) is 4.99 Å². The number of guanidine groups is 1. The summed E-state index contributed by atoms with van der Waals surface area (Å²) >= 11 is 0. The molecule has 0 aliphatic carbocycles. The maximum Gasteiger partial charge on any atom is 0.191 e. The second-order valence-corrected chi connectivity index (χ2v) is 6.93. The Morgan fingerprint density at radius 3 is 2.24 bits per heavy atom. The Balaban J connectivity index is 0.00000300. The molecule has 0 radical (unpaired) electrons. The molecule has 29 heavy (non-hydrogen) atoms. The van der Waals surface area contributed by atoms with E-state index in [1.54, 1.807) is 7.05 Å². The minimum Gasteiger partial charge on any atom is -0.379 e. The third kappa shape index (κ3) is 8.28. The van der Waals surface area contributed by atoms with Gasteiger partial charge in [-0.25, -0.2) is 4.39 Å². The van der Waals surface area contributed by atoms with Gasteiger partial charge in [-0.1, -0.05) is 36.4 Å². The molecule has 1 fully saturated rings. The molecule has 0 unspecified atom stereocenters. The first-order chi connectivity index (χ1) is 13.7. The van der Waals surface area contributed by atoms with Gasteiger partial charge in [-0.15, -0.1) is 24.0 Å². The number of morpholine rings is 1. The molecule has 0 spiro atoms. The number of rotatable bonds is 7. The highest BCUT2D eigenvalue weighted by atomic mass is 127. The van der Waals surface area contributed by atoms with E-state index in [9.17, 15) is 4.39 Å². The van der Waals surface area contributed by atoms with Gasteiger partial charge >= 0.3 is 0 Å². The first kappa shape index (κ1) is 23.6. The van der Waals surface area contributed by atoms with E-state index < -0.39 is 0 Å². The lowest BCUT2D eigenvalue weighted by Crippen LogP contribution is -2.37. The number of benzene rings is 2. The van der Waals surface area contributed by atoms with Crippen LogP contribution >= 0.6 is 24.0 Å². The first-order valence-corrected chi connectivity index (χ1v) is 9.80. The second-order valence-electron chi connectivity index (χ2n) is 6.93. The van der Waals surface area contributed by atoms with Crippen molar-refractivity contribution in [3.05, 3.63) is 71.0 Å². The molecular formula is C22H30FIN4O. The van der Waals surface area contributed by atoms with Crippen LogP contribution in [0.4, 0.5) is 4.39 Å². The Labute approximate surface area is 189 Å². The SMILES string of the molecule is CN=C(NCCc1ccc(F)cc1)NCc1ccc(CN2CCOCC2)cc1.I. The molecule has 0 amide bonds. The number of hydrogen-bond acceptors (Lipinski definition) is 3. The molecule has 2 aromatic rings. The lowest BCUT2D eigenvalue weighted by atomic mass is 10.1. The van der Waals surface area contributed by atoms with Crippen LogP contribution in [0.25, 0.3) is 0 Å². The van der Waals surface area contributed by atoms with Crippen LogP contribution in [0.2, 0.25) is 0 Å². The molecule has 0 saturated carbocycles. The van der Waals surface area contributed by atoms with E-state index in [1.807, 2.05) is 12.1 Å². The topological polar surface area (TPSA) is 48.9 Å². The quantitative estimate of drug-likeness (QED) is 0.340. The van der Waals surface area contributed by atoms with Crippen molar-refractivity contribution in [3.63, 3.8) is 0 Å². The minimum absolute atomic E-state index is 0. The van der Waals surface area contributed by atoms with Gasteiger partial charge in [0.1, 0.15) is 5.82 Å². The van der Waals surface area contributed by atoms with Crippen LogP contribution in [0.5, 0.6) is 0 Å². The summed E-state index contributed by atoms with van der Waals surface area (Å²) < 4.78 is 18.3. The molecular weight excluding hydrogens is 482 g/mol. The van der Waals surface area contributed by atoms with Gasteiger partial charge in [0.05, 0.1) is 13.2 Å². The molecule has 2 aromatic carbocycles. The summed E-state index contributed by atoms with van der Waals surface area (Å²) in [6.07, 6.45) is 0.817. The van der Waals surface area contributed by atoms with E-state index in [2.05, 4.69) is 44.8 Å². The summed E-state index contributed by atoms with van der Waals surface area (Å²) in [5.41, 5.74) is 3.64. The fourth-order valence-corrected chi connectivity index (χ4v) is 3.16. The van der Waals surface area contributed by atoms with E-state index in [-0.39, 0.29) is 29.8 Å². The standard InChI is InChI=1S/C22H29FN4O.HI/c1-24-22(25-11-10-18-6-8-21(23)9-7-18)26-16-19-2-4-20(5-3-19)17-27-12-14-28-15-13-27;/h2-9H,10-17H2,1H3,(H2,24,25,26);1H. The van der Waals surface area contributed by atoms with Crippen LogP contribution in [-0.2, 0) is 24.2 Å². The van der Waals surface area contributed by atoms with Crippen LogP contribution in [0.15, 0.2) is 53.5 Å². The molecule has 0 bridgehead atoms. The summed E-state index contributed by atoms with van der Waals surface area (Å²) in [5.74, 6) is 0.560. The van der Waals surface area contributed by atoms with Gasteiger partial charge in [0.15, 0.2) is 5.96 Å². The zero-order chi connectivity index (χ0) is 19.6. The molecule has 1 aliphatic heterocycles. The molecule has 1 heterocycles. The van der Waals surface area contributed by atoms with Crippen LogP contribution < -0.4 is 10.6 Å². The highest BCUT2D eigenvalue weighted by Crippen LogP contribution is 2.09. The fraction of sp³-hybridized carbons (Fsp3) is 0.409. The number of nitrogens with one attached hydrogen (secondary N) is 2. The first-order valence-electron chi connectivity index (χ1n) is 9.80. The van der Waals surface area contributed by atoms with E-state index in [0.29, 0.717) is 6.54 Å². The fourth-order valence-electron chi connectivity index (χ4n) is 3.16. The molecule has 0 aromatic heterocycles. The zero-order valence-corrected chi connectivity index (χ0v) is 19.2. The highest BCUT2D eigenvalue weighted by molar-refractivity contribution is 14.0. The molecule has 7 heteroatoms. The molecule has 5 nitrogen and oxygen atoms in total. The lowest BCUT2D eigenvalue weighted by Gasteiger charge is -2.26. The Hall–Kier alpha value is -1.71. The summed E-state index contributed by atoms with van der Waals surface area (Å²) in [6.45, 7) is 6.10. The summed E-state index contributed by atoms with van der Waals surface area (Å²) in [4.78, 5) is 6.68. The van der Waals surface area contributed by atoms with Gasteiger partial charge in [0, 0.05) is 39.8 Å². The van der Waals surface area contributed by atoms with Crippen molar-refractivity contribution in [3.8, 4) is 0 Å². The van der Waals surface area contributed by atoms with Crippen LogP contribution in [-0.4, -0.2) is 50.8 Å². The molecule has 0 atom stereocenters. The van der Waals surface area contributed by atoms with Gasteiger partial charge in [-0.3, -0.25) is 9.89 Å². The normalized spacial score (nSPS) is 14.9. The number of aliphatic imine (C=N–C) groups is 1. The van der Waals surface area contributed by atoms with Crippen LogP contribution in [0.1, 0.15) is 16.7 Å². The maximum atomic E-state index is 12.9. The average Bonchev–Trinajstić information content (AvgIpc) is 2.74. The molecule has 3 rings (SSSR count). The summed E-state index contributed by atoms with van der Waals surface area (Å²) in [7, 11) is 1.76. The van der Waals surface area contributed by atoms with Crippen molar-refractivity contribution < 1.29 is 9.13 Å². The number of hydrogen-bond donors (Lipinski definition) is 2.